The van der Waals surface area contributed by atoms with Crippen LogP contribution in [0.5, 0.6) is 0 Å². The number of carbonyl (C=O) groups excluding carboxylic acids is 2. The number of nitrogens with two attached hydrogens (primary N) is 1. The second-order valence-electron chi connectivity index (χ2n) is 6.30. The van der Waals surface area contributed by atoms with Crippen LogP contribution in [0.2, 0.25) is 0 Å². The van der Waals surface area contributed by atoms with Gasteiger partial charge < -0.3 is 16.4 Å². The molecule has 25 heavy (non-hydrogen) atoms. The van der Waals surface area contributed by atoms with Crippen molar-refractivity contribution in [1.82, 2.24) is 5.32 Å². The van der Waals surface area contributed by atoms with E-state index in [1.807, 2.05) is 0 Å². The van der Waals surface area contributed by atoms with Gasteiger partial charge in [-0.05, 0) is 30.5 Å². The second kappa shape index (κ2) is 8.96. The van der Waals surface area contributed by atoms with Gasteiger partial charge in [0, 0.05) is 5.69 Å². The van der Waals surface area contributed by atoms with Crippen LogP contribution in [-0.4, -0.2) is 38.6 Å². The van der Waals surface area contributed by atoms with Gasteiger partial charge in [0.2, 0.25) is 11.8 Å². The van der Waals surface area contributed by atoms with E-state index in [2.05, 4.69) is 10.6 Å². The Hall–Kier alpha value is -1.93. The summed E-state index contributed by atoms with van der Waals surface area (Å²) in [6, 6.07) is 6.79. The van der Waals surface area contributed by atoms with Gasteiger partial charge in [0.05, 0.1) is 24.1 Å². The van der Waals surface area contributed by atoms with Crippen LogP contribution < -0.4 is 16.4 Å². The van der Waals surface area contributed by atoms with Gasteiger partial charge in [0.15, 0.2) is 9.84 Å². The monoisotopic (exact) mass is 367 g/mol. The van der Waals surface area contributed by atoms with Crippen LogP contribution in [0.1, 0.15) is 37.7 Å². The Labute approximate surface area is 148 Å². The molecule has 1 fully saturated rings. The SMILES string of the molecule is NCC(=O)NCC(=O)Nc1cccc(CS(=O)(=O)C2CCCCC2)c1. The third-order valence-corrected chi connectivity index (χ3v) is 6.49. The summed E-state index contributed by atoms with van der Waals surface area (Å²) in [5.41, 5.74) is 6.30. The molecule has 1 aliphatic rings. The van der Waals surface area contributed by atoms with Gasteiger partial charge in [-0.3, -0.25) is 9.59 Å². The van der Waals surface area contributed by atoms with E-state index in [4.69, 9.17) is 5.73 Å². The highest BCUT2D eigenvalue weighted by molar-refractivity contribution is 7.91. The number of rotatable bonds is 7. The zero-order chi connectivity index (χ0) is 18.3. The summed E-state index contributed by atoms with van der Waals surface area (Å²) >= 11 is 0. The van der Waals surface area contributed by atoms with Gasteiger partial charge >= 0.3 is 0 Å². The number of hydrogen-bond donors (Lipinski definition) is 3. The Morgan fingerprint density at radius 3 is 2.52 bits per heavy atom. The normalized spacial score (nSPS) is 15.6. The van der Waals surface area contributed by atoms with Crippen molar-refractivity contribution in [3.05, 3.63) is 29.8 Å². The summed E-state index contributed by atoms with van der Waals surface area (Å²) in [7, 11) is -3.19. The highest BCUT2D eigenvalue weighted by Gasteiger charge is 2.27. The van der Waals surface area contributed by atoms with Crippen molar-refractivity contribution in [1.29, 1.82) is 0 Å². The molecule has 2 rings (SSSR count). The number of hydrogen-bond acceptors (Lipinski definition) is 5. The highest BCUT2D eigenvalue weighted by atomic mass is 32.2. The van der Waals surface area contributed by atoms with Crippen molar-refractivity contribution in [3.8, 4) is 0 Å². The van der Waals surface area contributed by atoms with E-state index in [0.717, 1.165) is 32.1 Å². The first kappa shape index (κ1) is 19.4. The maximum Gasteiger partial charge on any atom is 0.243 e. The predicted molar refractivity (Wildman–Crippen MR) is 96.6 cm³/mol. The van der Waals surface area contributed by atoms with Crippen LogP contribution in [0.25, 0.3) is 0 Å². The van der Waals surface area contributed by atoms with Crippen molar-refractivity contribution in [2.75, 3.05) is 18.4 Å². The van der Waals surface area contributed by atoms with E-state index in [1.165, 1.54) is 0 Å². The van der Waals surface area contributed by atoms with Gasteiger partial charge in [-0.15, -0.1) is 0 Å². The molecule has 0 unspecified atom stereocenters. The molecular weight excluding hydrogens is 342 g/mol. The summed E-state index contributed by atoms with van der Waals surface area (Å²) in [5.74, 6) is -0.831. The van der Waals surface area contributed by atoms with E-state index in [9.17, 15) is 18.0 Å². The summed E-state index contributed by atoms with van der Waals surface area (Å²) in [5, 5.41) is 4.76. The zero-order valence-corrected chi connectivity index (χ0v) is 15.0. The molecule has 0 radical (unpaired) electrons. The minimum atomic E-state index is -3.19. The number of sulfone groups is 1. The van der Waals surface area contributed by atoms with Gasteiger partial charge in [0.1, 0.15) is 0 Å². The highest BCUT2D eigenvalue weighted by Crippen LogP contribution is 2.26. The lowest BCUT2D eigenvalue weighted by molar-refractivity contribution is -0.123. The fraction of sp³-hybridized carbons (Fsp3) is 0.529. The van der Waals surface area contributed by atoms with Crippen molar-refractivity contribution >= 4 is 27.3 Å². The Morgan fingerprint density at radius 2 is 1.84 bits per heavy atom. The number of carbonyl (C=O) groups is 2. The number of anilines is 1. The lowest BCUT2D eigenvalue weighted by Crippen LogP contribution is -2.36. The van der Waals surface area contributed by atoms with Gasteiger partial charge in [0.25, 0.3) is 0 Å². The predicted octanol–water partition coefficient (Wildman–Crippen LogP) is 0.947. The number of nitrogens with one attached hydrogen (secondary N) is 2. The third kappa shape index (κ3) is 6.13. The standard InChI is InChI=1S/C17H25N3O4S/c18-10-16(21)19-11-17(22)20-14-6-4-5-13(9-14)12-25(23,24)15-7-2-1-3-8-15/h4-6,9,15H,1-3,7-8,10-12,18H2,(H,19,21)(H,20,22). The lowest BCUT2D eigenvalue weighted by Gasteiger charge is -2.21. The average molecular weight is 367 g/mol. The molecule has 0 heterocycles. The lowest BCUT2D eigenvalue weighted by atomic mass is 10.0. The molecular formula is C17H25N3O4S. The van der Waals surface area contributed by atoms with Crippen molar-refractivity contribution < 1.29 is 18.0 Å². The quantitative estimate of drug-likeness (QED) is 0.663. The smallest absolute Gasteiger partial charge is 0.243 e. The molecule has 0 spiro atoms. The van der Waals surface area contributed by atoms with Gasteiger partial charge in [-0.25, -0.2) is 8.42 Å². The third-order valence-electron chi connectivity index (χ3n) is 4.27. The summed E-state index contributed by atoms with van der Waals surface area (Å²) in [4.78, 5) is 22.8. The molecule has 0 bridgehead atoms. The molecule has 2 amide bonds. The van der Waals surface area contributed by atoms with E-state index in [-0.39, 0.29) is 24.1 Å². The van der Waals surface area contributed by atoms with E-state index < -0.39 is 21.7 Å². The fourth-order valence-electron chi connectivity index (χ4n) is 2.97. The van der Waals surface area contributed by atoms with Crippen molar-refractivity contribution in [3.63, 3.8) is 0 Å². The molecule has 1 aromatic rings. The minimum Gasteiger partial charge on any atom is -0.346 e. The molecule has 1 aromatic carbocycles. The molecule has 7 nitrogen and oxygen atoms in total. The molecule has 1 aliphatic carbocycles. The molecule has 0 atom stereocenters. The summed E-state index contributed by atoms with van der Waals surface area (Å²) in [6.07, 6.45) is 4.51. The Bertz CT molecular complexity index is 712. The first-order valence-corrected chi connectivity index (χ1v) is 10.2. The maximum absolute atomic E-state index is 12.6. The molecule has 8 heteroatoms. The topological polar surface area (TPSA) is 118 Å². The van der Waals surface area contributed by atoms with Crippen LogP contribution in [-0.2, 0) is 25.2 Å². The van der Waals surface area contributed by atoms with Crippen LogP contribution in [0.4, 0.5) is 5.69 Å². The van der Waals surface area contributed by atoms with Crippen molar-refractivity contribution in [2.45, 2.75) is 43.1 Å². The summed E-state index contributed by atoms with van der Waals surface area (Å²) in [6.45, 7) is -0.359. The van der Waals surface area contributed by atoms with Crippen LogP contribution >= 0.6 is 0 Å². The van der Waals surface area contributed by atoms with Crippen LogP contribution in [0, 0.1) is 0 Å². The van der Waals surface area contributed by atoms with E-state index in [1.54, 1.807) is 24.3 Å². The largest absolute Gasteiger partial charge is 0.346 e. The number of amides is 2. The Kier molecular flexibility index (Phi) is 6.95. The Balaban J connectivity index is 1.96. The molecule has 138 valence electrons. The maximum atomic E-state index is 12.6. The molecule has 0 aromatic heterocycles. The van der Waals surface area contributed by atoms with Gasteiger partial charge in [-0.1, -0.05) is 31.4 Å². The Morgan fingerprint density at radius 1 is 1.12 bits per heavy atom. The first-order chi connectivity index (χ1) is 11.9. The summed E-state index contributed by atoms with van der Waals surface area (Å²) < 4.78 is 25.1. The zero-order valence-electron chi connectivity index (χ0n) is 14.2. The minimum absolute atomic E-state index is 0.0225. The van der Waals surface area contributed by atoms with Crippen molar-refractivity contribution in [2.24, 2.45) is 5.73 Å². The van der Waals surface area contributed by atoms with E-state index >= 15 is 0 Å². The first-order valence-electron chi connectivity index (χ1n) is 8.48. The van der Waals surface area contributed by atoms with Crippen LogP contribution in [0.3, 0.4) is 0 Å². The molecule has 0 aliphatic heterocycles. The van der Waals surface area contributed by atoms with Gasteiger partial charge in [-0.2, -0.15) is 0 Å². The average Bonchev–Trinajstić information content (AvgIpc) is 2.60. The molecule has 1 saturated carbocycles. The fourth-order valence-corrected chi connectivity index (χ4v) is 4.90. The number of benzene rings is 1. The second-order valence-corrected chi connectivity index (χ2v) is 8.58. The van der Waals surface area contributed by atoms with Crippen LogP contribution in [0.15, 0.2) is 24.3 Å². The van der Waals surface area contributed by atoms with E-state index in [0.29, 0.717) is 11.3 Å². The molecule has 4 N–H and O–H groups in total. The molecule has 0 saturated heterocycles.